The summed E-state index contributed by atoms with van der Waals surface area (Å²) >= 11 is 1.83. The van der Waals surface area contributed by atoms with E-state index in [-0.39, 0.29) is 5.54 Å². The Morgan fingerprint density at radius 3 is 2.65 bits per heavy atom. The topological polar surface area (TPSA) is 48.2 Å². The Balaban J connectivity index is 1.68. The van der Waals surface area contributed by atoms with Gasteiger partial charge in [0.1, 0.15) is 0 Å². The molecule has 1 aliphatic heterocycles. The molecule has 0 atom stereocenters. The van der Waals surface area contributed by atoms with Crippen LogP contribution in [0.25, 0.3) is 0 Å². The number of hydrogen-bond donors (Lipinski definition) is 1. The fourth-order valence-corrected chi connectivity index (χ4v) is 4.06. The maximum absolute atomic E-state index is 8.80. The first-order chi connectivity index (χ1) is 9.69. The average Bonchev–Trinajstić information content (AvgIpc) is 2.86. The SMILES string of the molecule is CC1CCC2(CC1)CSC(Nc1ccc(C#N)cc1)=N2. The van der Waals surface area contributed by atoms with E-state index in [0.717, 1.165) is 22.5 Å². The van der Waals surface area contributed by atoms with E-state index in [4.69, 9.17) is 10.3 Å². The summed E-state index contributed by atoms with van der Waals surface area (Å²) in [5, 5.41) is 13.2. The largest absolute Gasteiger partial charge is 0.335 e. The molecular weight excluding hydrogens is 266 g/mol. The van der Waals surface area contributed by atoms with Crippen molar-refractivity contribution in [3.63, 3.8) is 0 Å². The third-order valence-electron chi connectivity index (χ3n) is 4.29. The fraction of sp³-hybridized carbons (Fsp3) is 0.500. The molecule has 1 saturated carbocycles. The van der Waals surface area contributed by atoms with E-state index in [1.165, 1.54) is 25.7 Å². The second kappa shape index (κ2) is 5.49. The van der Waals surface area contributed by atoms with Crippen LogP contribution < -0.4 is 5.32 Å². The van der Waals surface area contributed by atoms with Gasteiger partial charge in [-0.2, -0.15) is 5.26 Å². The van der Waals surface area contributed by atoms with E-state index < -0.39 is 0 Å². The highest BCUT2D eigenvalue weighted by Crippen LogP contribution is 2.41. The molecule has 0 unspecified atom stereocenters. The summed E-state index contributed by atoms with van der Waals surface area (Å²) in [6.07, 6.45) is 5.04. The minimum Gasteiger partial charge on any atom is -0.335 e. The van der Waals surface area contributed by atoms with E-state index in [1.54, 1.807) is 0 Å². The van der Waals surface area contributed by atoms with Gasteiger partial charge >= 0.3 is 0 Å². The average molecular weight is 285 g/mol. The lowest BCUT2D eigenvalue weighted by molar-refractivity contribution is 0.273. The number of thioether (sulfide) groups is 1. The molecule has 1 heterocycles. The van der Waals surface area contributed by atoms with Crippen molar-refractivity contribution in [3.8, 4) is 6.07 Å². The van der Waals surface area contributed by atoms with Crippen LogP contribution in [0.5, 0.6) is 0 Å². The molecule has 1 spiro atoms. The van der Waals surface area contributed by atoms with E-state index in [2.05, 4.69) is 18.3 Å². The lowest BCUT2D eigenvalue weighted by Gasteiger charge is -2.32. The zero-order valence-corrected chi connectivity index (χ0v) is 12.5. The molecule has 1 fully saturated rings. The molecule has 0 aromatic heterocycles. The van der Waals surface area contributed by atoms with Crippen LogP contribution in [0.3, 0.4) is 0 Å². The van der Waals surface area contributed by atoms with Gasteiger partial charge in [0.25, 0.3) is 0 Å². The van der Waals surface area contributed by atoms with Crippen LogP contribution >= 0.6 is 11.8 Å². The monoisotopic (exact) mass is 285 g/mol. The Bertz CT molecular complexity index is 548. The van der Waals surface area contributed by atoms with Crippen LogP contribution in [0.15, 0.2) is 29.3 Å². The van der Waals surface area contributed by atoms with Gasteiger partial charge in [0.2, 0.25) is 0 Å². The number of nitrogens with zero attached hydrogens (tertiary/aromatic N) is 2. The molecule has 1 aromatic carbocycles. The Morgan fingerprint density at radius 2 is 2.00 bits per heavy atom. The standard InChI is InChI=1S/C16H19N3S/c1-12-6-8-16(9-7-12)11-20-15(19-16)18-14-4-2-13(10-17)3-5-14/h2-5,12H,6-9,11H2,1H3,(H,18,19). The van der Waals surface area contributed by atoms with Gasteiger partial charge in [-0.15, -0.1) is 0 Å². The molecule has 0 radical (unpaired) electrons. The zero-order chi connectivity index (χ0) is 14.0. The number of amidine groups is 1. The van der Waals surface area contributed by atoms with Gasteiger partial charge in [0.15, 0.2) is 5.17 Å². The molecule has 1 aliphatic carbocycles. The summed E-state index contributed by atoms with van der Waals surface area (Å²) in [5.74, 6) is 1.97. The van der Waals surface area contributed by atoms with Gasteiger partial charge in [0, 0.05) is 11.4 Å². The van der Waals surface area contributed by atoms with Gasteiger partial charge in [-0.05, 0) is 55.9 Å². The van der Waals surface area contributed by atoms with Crippen molar-refractivity contribution >= 4 is 22.6 Å². The highest BCUT2D eigenvalue weighted by atomic mass is 32.2. The maximum Gasteiger partial charge on any atom is 0.161 e. The Kier molecular flexibility index (Phi) is 3.71. The second-order valence-corrected chi connectivity index (χ2v) is 6.89. The number of anilines is 1. The molecule has 2 aliphatic rings. The summed E-state index contributed by atoms with van der Waals surface area (Å²) in [4.78, 5) is 4.95. The maximum atomic E-state index is 8.80. The number of nitriles is 1. The number of nitrogens with one attached hydrogen (secondary N) is 1. The first-order valence-corrected chi connectivity index (χ1v) is 8.18. The zero-order valence-electron chi connectivity index (χ0n) is 11.7. The van der Waals surface area contributed by atoms with E-state index in [9.17, 15) is 0 Å². The van der Waals surface area contributed by atoms with E-state index in [0.29, 0.717) is 5.56 Å². The highest BCUT2D eigenvalue weighted by molar-refractivity contribution is 8.14. The minimum absolute atomic E-state index is 0.187. The van der Waals surface area contributed by atoms with Gasteiger partial charge in [-0.1, -0.05) is 18.7 Å². The fourth-order valence-electron chi connectivity index (χ4n) is 2.85. The lowest BCUT2D eigenvalue weighted by atomic mass is 9.79. The van der Waals surface area contributed by atoms with Crippen LogP contribution in [0.2, 0.25) is 0 Å². The van der Waals surface area contributed by atoms with Crippen molar-refractivity contribution in [2.75, 3.05) is 11.1 Å². The number of hydrogen-bond acceptors (Lipinski definition) is 4. The number of rotatable bonds is 1. The first-order valence-electron chi connectivity index (χ1n) is 7.19. The molecule has 4 heteroatoms. The predicted molar refractivity (Wildman–Crippen MR) is 85.0 cm³/mol. The molecule has 0 saturated heterocycles. The van der Waals surface area contributed by atoms with Gasteiger partial charge in [0.05, 0.1) is 17.2 Å². The molecule has 0 amide bonds. The van der Waals surface area contributed by atoms with Gasteiger partial charge in [-0.25, -0.2) is 0 Å². The normalized spacial score (nSPS) is 29.0. The summed E-state index contributed by atoms with van der Waals surface area (Å²) in [5.41, 5.74) is 1.89. The molecule has 3 nitrogen and oxygen atoms in total. The molecular formula is C16H19N3S. The molecule has 0 bridgehead atoms. The summed E-state index contributed by atoms with van der Waals surface area (Å²) in [6, 6.07) is 9.68. The lowest BCUT2D eigenvalue weighted by Crippen LogP contribution is -2.32. The number of benzene rings is 1. The van der Waals surface area contributed by atoms with Crippen molar-refractivity contribution in [1.82, 2.24) is 0 Å². The Labute approximate surface area is 124 Å². The highest BCUT2D eigenvalue weighted by Gasteiger charge is 2.38. The van der Waals surface area contributed by atoms with Crippen LogP contribution in [0, 0.1) is 17.2 Å². The Hall–Kier alpha value is -1.47. The van der Waals surface area contributed by atoms with Crippen molar-refractivity contribution < 1.29 is 0 Å². The third-order valence-corrected chi connectivity index (χ3v) is 5.44. The van der Waals surface area contributed by atoms with Crippen molar-refractivity contribution in [2.24, 2.45) is 10.9 Å². The summed E-state index contributed by atoms with van der Waals surface area (Å²) in [7, 11) is 0. The minimum atomic E-state index is 0.187. The van der Waals surface area contributed by atoms with Crippen molar-refractivity contribution in [1.29, 1.82) is 5.26 Å². The van der Waals surface area contributed by atoms with E-state index in [1.807, 2.05) is 36.0 Å². The first kappa shape index (κ1) is 13.5. The van der Waals surface area contributed by atoms with Gasteiger partial charge in [-0.3, -0.25) is 4.99 Å². The van der Waals surface area contributed by atoms with Crippen LogP contribution in [0.4, 0.5) is 5.69 Å². The third kappa shape index (κ3) is 2.83. The molecule has 20 heavy (non-hydrogen) atoms. The van der Waals surface area contributed by atoms with Crippen LogP contribution in [-0.2, 0) is 0 Å². The molecule has 1 N–H and O–H groups in total. The van der Waals surface area contributed by atoms with Crippen LogP contribution in [-0.4, -0.2) is 16.5 Å². The molecule has 1 aromatic rings. The second-order valence-electron chi connectivity index (χ2n) is 5.93. The quantitative estimate of drug-likeness (QED) is 0.847. The molecule has 3 rings (SSSR count). The summed E-state index contributed by atoms with van der Waals surface area (Å²) < 4.78 is 0. The van der Waals surface area contributed by atoms with Crippen LogP contribution in [0.1, 0.15) is 38.2 Å². The summed E-state index contributed by atoms with van der Waals surface area (Å²) in [6.45, 7) is 2.34. The van der Waals surface area contributed by atoms with Crippen molar-refractivity contribution in [2.45, 2.75) is 38.1 Å². The van der Waals surface area contributed by atoms with Crippen molar-refractivity contribution in [3.05, 3.63) is 29.8 Å². The van der Waals surface area contributed by atoms with E-state index >= 15 is 0 Å². The Morgan fingerprint density at radius 1 is 1.30 bits per heavy atom. The smallest absolute Gasteiger partial charge is 0.161 e. The van der Waals surface area contributed by atoms with Gasteiger partial charge < -0.3 is 5.32 Å². The molecule has 104 valence electrons. The number of aliphatic imine (C=N–C) groups is 1. The predicted octanol–water partition coefficient (Wildman–Crippen LogP) is 4.02.